The highest BCUT2D eigenvalue weighted by atomic mass is 32.1. The van der Waals surface area contributed by atoms with E-state index in [-0.39, 0.29) is 5.57 Å². The van der Waals surface area contributed by atoms with Crippen molar-refractivity contribution < 1.29 is 13.2 Å². The van der Waals surface area contributed by atoms with Crippen LogP contribution in [0.4, 0.5) is 4.39 Å². The monoisotopic (exact) mass is 440 g/mol. The maximum absolute atomic E-state index is 14.0. The lowest BCUT2D eigenvalue weighted by Crippen LogP contribution is -2.02. The zero-order valence-electron chi connectivity index (χ0n) is 16.4. The van der Waals surface area contributed by atoms with Gasteiger partial charge in [0.15, 0.2) is 0 Å². The van der Waals surface area contributed by atoms with Gasteiger partial charge in [0.2, 0.25) is 0 Å². The molecule has 0 atom stereocenters. The SMILES string of the molecule is N#C/C(=C\c1ccc(-c2ccccc2F)o1)c1nc(-c2cc3ccccc3oc2=O)cs1. The third-order valence-electron chi connectivity index (χ3n) is 4.83. The molecule has 0 spiro atoms. The highest BCUT2D eigenvalue weighted by molar-refractivity contribution is 7.11. The smallest absolute Gasteiger partial charge is 0.345 e. The summed E-state index contributed by atoms with van der Waals surface area (Å²) in [7, 11) is 0. The minimum absolute atomic E-state index is 0.265. The van der Waals surface area contributed by atoms with Gasteiger partial charge in [-0.1, -0.05) is 30.3 Å². The van der Waals surface area contributed by atoms with Crippen molar-refractivity contribution in [2.75, 3.05) is 0 Å². The molecule has 0 amide bonds. The predicted octanol–water partition coefficient (Wildman–Crippen LogP) is 6.38. The second kappa shape index (κ2) is 8.10. The molecule has 0 radical (unpaired) electrons. The lowest BCUT2D eigenvalue weighted by atomic mass is 10.1. The maximum Gasteiger partial charge on any atom is 0.345 e. The molecule has 154 valence electrons. The summed E-state index contributed by atoms with van der Waals surface area (Å²) in [6, 6.07) is 20.7. The number of rotatable bonds is 4. The molecule has 0 bridgehead atoms. The summed E-state index contributed by atoms with van der Waals surface area (Å²) in [6.45, 7) is 0. The van der Waals surface area contributed by atoms with Gasteiger partial charge in [-0.3, -0.25) is 0 Å². The Morgan fingerprint density at radius 3 is 2.69 bits per heavy atom. The summed E-state index contributed by atoms with van der Waals surface area (Å²) in [6.07, 6.45) is 1.54. The van der Waals surface area contributed by atoms with Crippen molar-refractivity contribution in [1.29, 1.82) is 5.26 Å². The molecule has 0 fully saturated rings. The first-order valence-electron chi connectivity index (χ1n) is 9.58. The molecule has 32 heavy (non-hydrogen) atoms. The van der Waals surface area contributed by atoms with Gasteiger partial charge in [0, 0.05) is 16.8 Å². The second-order valence-corrected chi connectivity index (χ2v) is 7.73. The van der Waals surface area contributed by atoms with E-state index >= 15 is 0 Å². The van der Waals surface area contributed by atoms with Crippen LogP contribution in [0.5, 0.6) is 0 Å². The summed E-state index contributed by atoms with van der Waals surface area (Å²) in [5.74, 6) is 0.360. The number of nitrogens with zero attached hydrogens (tertiary/aromatic N) is 2. The molecule has 3 heterocycles. The van der Waals surface area contributed by atoms with Crippen molar-refractivity contribution in [3.05, 3.63) is 99.1 Å². The second-order valence-electron chi connectivity index (χ2n) is 6.87. The predicted molar refractivity (Wildman–Crippen MR) is 121 cm³/mol. The van der Waals surface area contributed by atoms with Gasteiger partial charge in [-0.15, -0.1) is 11.3 Å². The molecule has 0 N–H and O–H groups in total. The number of allylic oxidation sites excluding steroid dienone is 1. The van der Waals surface area contributed by atoms with Crippen LogP contribution in [-0.4, -0.2) is 4.98 Å². The van der Waals surface area contributed by atoms with Crippen LogP contribution >= 0.6 is 11.3 Å². The van der Waals surface area contributed by atoms with Gasteiger partial charge in [0.05, 0.1) is 22.4 Å². The fraction of sp³-hybridized carbons (Fsp3) is 0. The van der Waals surface area contributed by atoms with E-state index in [1.807, 2.05) is 12.1 Å². The van der Waals surface area contributed by atoms with Gasteiger partial charge in [-0.05, 0) is 36.4 Å². The molecule has 2 aromatic carbocycles. The molecule has 3 aromatic heterocycles. The molecular formula is C25H13FN2O3S. The van der Waals surface area contributed by atoms with Gasteiger partial charge in [0.25, 0.3) is 0 Å². The fourth-order valence-electron chi connectivity index (χ4n) is 3.28. The largest absolute Gasteiger partial charge is 0.457 e. The van der Waals surface area contributed by atoms with E-state index in [0.717, 1.165) is 5.39 Å². The Kier molecular flexibility index (Phi) is 4.98. The van der Waals surface area contributed by atoms with Crippen molar-refractivity contribution in [1.82, 2.24) is 4.98 Å². The Morgan fingerprint density at radius 1 is 1.03 bits per heavy atom. The van der Waals surface area contributed by atoms with Crippen LogP contribution in [0.2, 0.25) is 0 Å². The van der Waals surface area contributed by atoms with Crippen molar-refractivity contribution in [2.24, 2.45) is 0 Å². The first-order chi connectivity index (χ1) is 15.6. The molecule has 0 saturated carbocycles. The fourth-order valence-corrected chi connectivity index (χ4v) is 4.07. The Labute approximate surface area is 185 Å². The molecule has 0 saturated heterocycles. The van der Waals surface area contributed by atoms with Crippen LogP contribution in [0.3, 0.4) is 0 Å². The van der Waals surface area contributed by atoms with Crippen LogP contribution in [-0.2, 0) is 0 Å². The number of para-hydroxylation sites is 1. The van der Waals surface area contributed by atoms with Crippen LogP contribution < -0.4 is 5.63 Å². The zero-order valence-corrected chi connectivity index (χ0v) is 17.2. The first kappa shape index (κ1) is 19.7. The quantitative estimate of drug-likeness (QED) is 0.239. The number of nitriles is 1. The van der Waals surface area contributed by atoms with Gasteiger partial charge in [-0.25, -0.2) is 14.2 Å². The number of hydrogen-bond donors (Lipinski definition) is 0. The summed E-state index contributed by atoms with van der Waals surface area (Å²) in [4.78, 5) is 16.9. The molecule has 5 nitrogen and oxygen atoms in total. The highest BCUT2D eigenvalue weighted by Crippen LogP contribution is 2.30. The lowest BCUT2D eigenvalue weighted by molar-refractivity contribution is 0.561. The third-order valence-corrected chi connectivity index (χ3v) is 5.70. The summed E-state index contributed by atoms with van der Waals surface area (Å²) < 4.78 is 25.1. The maximum atomic E-state index is 14.0. The molecule has 0 unspecified atom stereocenters. The Morgan fingerprint density at radius 2 is 1.84 bits per heavy atom. The number of aromatic nitrogens is 1. The minimum Gasteiger partial charge on any atom is -0.457 e. The standard InChI is InChI=1S/C25H13FN2O3S/c26-20-7-3-2-6-18(20)23-10-9-17(30-23)11-16(13-27)24-28-21(14-32-24)19-12-15-5-1-4-8-22(15)31-25(19)29/h1-12,14H/b16-11+. The number of halogens is 1. The van der Waals surface area contributed by atoms with E-state index in [1.54, 1.807) is 53.9 Å². The van der Waals surface area contributed by atoms with Crippen LogP contribution in [0, 0.1) is 17.1 Å². The van der Waals surface area contributed by atoms with E-state index in [4.69, 9.17) is 8.83 Å². The molecule has 7 heteroatoms. The van der Waals surface area contributed by atoms with Crippen LogP contribution in [0.15, 0.2) is 85.7 Å². The molecule has 0 aliphatic carbocycles. The summed E-state index contributed by atoms with van der Waals surface area (Å²) in [5.41, 5.74) is 1.35. The molecule has 5 aromatic rings. The Bertz CT molecular complexity index is 1590. The summed E-state index contributed by atoms with van der Waals surface area (Å²) >= 11 is 1.23. The number of hydrogen-bond acceptors (Lipinski definition) is 6. The number of furan rings is 1. The normalized spacial score (nSPS) is 11.6. The van der Waals surface area contributed by atoms with Gasteiger partial charge in [0.1, 0.15) is 34.0 Å². The van der Waals surface area contributed by atoms with Gasteiger partial charge in [-0.2, -0.15) is 5.26 Å². The average molecular weight is 440 g/mol. The number of benzene rings is 2. The molecule has 5 rings (SSSR count). The average Bonchev–Trinajstić information content (AvgIpc) is 3.47. The number of thiazole rings is 1. The topological polar surface area (TPSA) is 80.0 Å². The van der Waals surface area contributed by atoms with E-state index in [0.29, 0.717) is 38.9 Å². The summed E-state index contributed by atoms with van der Waals surface area (Å²) in [5, 5.41) is 12.6. The van der Waals surface area contributed by atoms with E-state index in [1.165, 1.54) is 23.5 Å². The molecule has 0 aliphatic heterocycles. The van der Waals surface area contributed by atoms with Crippen molar-refractivity contribution in [3.8, 4) is 28.7 Å². The highest BCUT2D eigenvalue weighted by Gasteiger charge is 2.15. The van der Waals surface area contributed by atoms with E-state index in [9.17, 15) is 14.4 Å². The molecule has 0 aliphatic rings. The zero-order chi connectivity index (χ0) is 22.1. The Balaban J connectivity index is 1.49. The lowest BCUT2D eigenvalue weighted by Gasteiger charge is -1.99. The third kappa shape index (κ3) is 3.64. The van der Waals surface area contributed by atoms with E-state index in [2.05, 4.69) is 11.1 Å². The van der Waals surface area contributed by atoms with Gasteiger partial charge >= 0.3 is 5.63 Å². The molecular weight excluding hydrogens is 427 g/mol. The van der Waals surface area contributed by atoms with E-state index < -0.39 is 11.4 Å². The first-order valence-corrected chi connectivity index (χ1v) is 10.5. The van der Waals surface area contributed by atoms with Crippen LogP contribution in [0.1, 0.15) is 10.8 Å². The van der Waals surface area contributed by atoms with Crippen molar-refractivity contribution >= 4 is 34.0 Å². The Hall–Kier alpha value is -4.28. The van der Waals surface area contributed by atoms with Crippen molar-refractivity contribution in [2.45, 2.75) is 0 Å². The number of fused-ring (bicyclic) bond motifs is 1. The van der Waals surface area contributed by atoms with Crippen molar-refractivity contribution in [3.63, 3.8) is 0 Å². The van der Waals surface area contributed by atoms with Gasteiger partial charge < -0.3 is 8.83 Å². The van der Waals surface area contributed by atoms with Crippen LogP contribution in [0.25, 0.3) is 45.2 Å². The minimum atomic E-state index is -0.497.